The largest absolute Gasteiger partial charge is 0.375 e. The summed E-state index contributed by atoms with van der Waals surface area (Å²) in [5, 5.41) is 0. The minimum absolute atomic E-state index is 0.161. The second-order valence-corrected chi connectivity index (χ2v) is 7.18. The molecule has 1 aromatic rings. The van der Waals surface area contributed by atoms with Gasteiger partial charge in [0.25, 0.3) is 0 Å². The van der Waals surface area contributed by atoms with Crippen molar-refractivity contribution in [1.29, 1.82) is 0 Å². The molecule has 2 aliphatic carbocycles. The number of rotatable bonds is 4. The lowest BCUT2D eigenvalue weighted by Gasteiger charge is -2.35. The molecule has 124 valence electrons. The monoisotopic (exact) mass is 314 g/mol. The predicted molar refractivity (Wildman–Crippen MR) is 89.2 cm³/mol. The van der Waals surface area contributed by atoms with Crippen molar-refractivity contribution in [2.24, 2.45) is 0 Å². The Bertz CT molecular complexity index is 584. The first-order chi connectivity index (χ1) is 11.2. The van der Waals surface area contributed by atoms with Crippen molar-refractivity contribution >= 4 is 5.91 Å². The first kappa shape index (κ1) is 15.2. The number of aryl methyl sites for hydroxylation is 1. The van der Waals surface area contributed by atoms with E-state index in [-0.39, 0.29) is 12.0 Å². The van der Waals surface area contributed by atoms with Gasteiger partial charge in [0.2, 0.25) is 5.91 Å². The number of morpholine rings is 1. The van der Waals surface area contributed by atoms with Crippen LogP contribution < -0.4 is 0 Å². The van der Waals surface area contributed by atoms with Crippen LogP contribution >= 0.6 is 0 Å². The average molecular weight is 314 g/mol. The fourth-order valence-corrected chi connectivity index (χ4v) is 4.08. The summed E-state index contributed by atoms with van der Waals surface area (Å²) >= 11 is 0. The zero-order valence-electron chi connectivity index (χ0n) is 13.9. The molecule has 1 saturated carbocycles. The molecule has 1 saturated heterocycles. The maximum atomic E-state index is 12.8. The number of benzene rings is 1. The van der Waals surface area contributed by atoms with Gasteiger partial charge in [0.05, 0.1) is 19.3 Å². The quantitative estimate of drug-likeness (QED) is 0.855. The van der Waals surface area contributed by atoms with Crippen molar-refractivity contribution in [3.05, 3.63) is 35.4 Å². The third kappa shape index (κ3) is 3.15. The second kappa shape index (κ2) is 6.25. The lowest BCUT2D eigenvalue weighted by Crippen LogP contribution is -2.49. The lowest BCUT2D eigenvalue weighted by atomic mass is 10.1. The number of ether oxygens (including phenoxy) is 1. The van der Waals surface area contributed by atoms with Gasteiger partial charge in [-0.05, 0) is 43.7 Å². The highest BCUT2D eigenvalue weighted by Crippen LogP contribution is 2.41. The molecule has 4 nitrogen and oxygen atoms in total. The zero-order valence-corrected chi connectivity index (χ0v) is 13.9. The van der Waals surface area contributed by atoms with Crippen molar-refractivity contribution in [3.8, 4) is 0 Å². The molecule has 2 fully saturated rings. The first-order valence-electron chi connectivity index (χ1n) is 8.95. The molecule has 0 N–H and O–H groups in total. The topological polar surface area (TPSA) is 32.8 Å². The Labute approximate surface area is 138 Å². The molecule has 1 aliphatic heterocycles. The van der Waals surface area contributed by atoms with Gasteiger partial charge in [0.1, 0.15) is 0 Å². The highest BCUT2D eigenvalue weighted by atomic mass is 16.5. The predicted octanol–water partition coefficient (Wildman–Crippen LogP) is 2.39. The molecule has 2 atom stereocenters. The number of hydrogen-bond donors (Lipinski definition) is 0. The molecule has 0 bridgehead atoms. The Kier molecular flexibility index (Phi) is 4.12. The number of fused-ring (bicyclic) bond motifs is 1. The highest BCUT2D eigenvalue weighted by Gasteiger charge is 2.39. The molecule has 0 spiro atoms. The van der Waals surface area contributed by atoms with Gasteiger partial charge in [0.15, 0.2) is 0 Å². The third-order valence-electron chi connectivity index (χ3n) is 5.43. The number of carbonyl (C=O) groups is 1. The normalized spacial score (nSPS) is 27.3. The minimum atomic E-state index is 0.161. The van der Waals surface area contributed by atoms with Gasteiger partial charge in [-0.2, -0.15) is 0 Å². The zero-order chi connectivity index (χ0) is 15.8. The highest BCUT2D eigenvalue weighted by molar-refractivity contribution is 5.78. The molecule has 4 heteroatoms. The molecule has 0 aromatic heterocycles. The Morgan fingerprint density at radius 3 is 2.91 bits per heavy atom. The number of amides is 1. The molecule has 1 aromatic carbocycles. The van der Waals surface area contributed by atoms with Gasteiger partial charge in [-0.3, -0.25) is 9.69 Å². The second-order valence-electron chi connectivity index (χ2n) is 7.18. The lowest BCUT2D eigenvalue weighted by molar-refractivity contribution is -0.140. The summed E-state index contributed by atoms with van der Waals surface area (Å²) in [4.78, 5) is 17.3. The van der Waals surface area contributed by atoms with Gasteiger partial charge in [-0.1, -0.05) is 24.3 Å². The van der Waals surface area contributed by atoms with Crippen molar-refractivity contribution in [2.75, 3.05) is 26.2 Å². The van der Waals surface area contributed by atoms with Crippen LogP contribution in [0, 0.1) is 0 Å². The van der Waals surface area contributed by atoms with Gasteiger partial charge >= 0.3 is 0 Å². The van der Waals surface area contributed by atoms with Gasteiger partial charge < -0.3 is 9.64 Å². The molecule has 0 unspecified atom stereocenters. The third-order valence-corrected chi connectivity index (χ3v) is 5.43. The van der Waals surface area contributed by atoms with Crippen LogP contribution in [-0.2, 0) is 16.0 Å². The van der Waals surface area contributed by atoms with E-state index in [0.29, 0.717) is 25.2 Å². The molecule has 23 heavy (non-hydrogen) atoms. The van der Waals surface area contributed by atoms with Crippen molar-refractivity contribution in [2.45, 2.75) is 50.8 Å². The van der Waals surface area contributed by atoms with Crippen LogP contribution in [0.3, 0.4) is 0 Å². The molecular formula is C19H26N2O2. The summed E-state index contributed by atoms with van der Waals surface area (Å²) in [7, 11) is 0. The van der Waals surface area contributed by atoms with Gasteiger partial charge in [0, 0.05) is 25.2 Å². The van der Waals surface area contributed by atoms with Crippen LogP contribution in [-0.4, -0.2) is 54.1 Å². The SMILES string of the molecule is C[C@@H]1CN(C(=O)CN(C2CC2)[C@H]2CCc3ccccc32)CCO1. The van der Waals surface area contributed by atoms with Crippen molar-refractivity contribution in [1.82, 2.24) is 9.80 Å². The fraction of sp³-hybridized carbons (Fsp3) is 0.632. The fourth-order valence-electron chi connectivity index (χ4n) is 4.08. The molecular weight excluding hydrogens is 288 g/mol. The summed E-state index contributed by atoms with van der Waals surface area (Å²) < 4.78 is 5.56. The first-order valence-corrected chi connectivity index (χ1v) is 8.95. The number of nitrogens with zero attached hydrogens (tertiary/aromatic N) is 2. The van der Waals surface area contributed by atoms with E-state index in [1.807, 2.05) is 11.8 Å². The smallest absolute Gasteiger partial charge is 0.236 e. The van der Waals surface area contributed by atoms with Crippen LogP contribution in [0.5, 0.6) is 0 Å². The van der Waals surface area contributed by atoms with Crippen LogP contribution in [0.4, 0.5) is 0 Å². The van der Waals surface area contributed by atoms with Gasteiger partial charge in [-0.25, -0.2) is 0 Å². The van der Waals surface area contributed by atoms with E-state index >= 15 is 0 Å². The molecule has 1 amide bonds. The summed E-state index contributed by atoms with van der Waals surface area (Å²) in [6.07, 6.45) is 4.95. The Hall–Kier alpha value is -1.39. The Balaban J connectivity index is 1.48. The van der Waals surface area contributed by atoms with E-state index in [1.165, 1.54) is 24.0 Å². The van der Waals surface area contributed by atoms with Crippen molar-refractivity contribution in [3.63, 3.8) is 0 Å². The van der Waals surface area contributed by atoms with E-state index < -0.39 is 0 Å². The summed E-state index contributed by atoms with van der Waals surface area (Å²) in [6, 6.07) is 9.79. The Morgan fingerprint density at radius 2 is 2.13 bits per heavy atom. The summed E-state index contributed by atoms with van der Waals surface area (Å²) in [5.41, 5.74) is 2.91. The molecule has 0 radical (unpaired) electrons. The van der Waals surface area contributed by atoms with Gasteiger partial charge in [-0.15, -0.1) is 0 Å². The van der Waals surface area contributed by atoms with E-state index in [4.69, 9.17) is 4.74 Å². The van der Waals surface area contributed by atoms with E-state index in [0.717, 1.165) is 25.9 Å². The summed E-state index contributed by atoms with van der Waals surface area (Å²) in [6.45, 7) is 4.76. The van der Waals surface area contributed by atoms with E-state index in [2.05, 4.69) is 29.2 Å². The van der Waals surface area contributed by atoms with E-state index in [1.54, 1.807) is 0 Å². The maximum absolute atomic E-state index is 12.8. The van der Waals surface area contributed by atoms with Crippen LogP contribution in [0.25, 0.3) is 0 Å². The standard InChI is InChI=1S/C19H26N2O2/c1-14-12-20(10-11-23-14)19(22)13-21(16-7-8-16)18-9-6-15-4-2-3-5-17(15)18/h2-5,14,16,18H,6-13H2,1H3/t14-,18+/m1/s1. The van der Waals surface area contributed by atoms with Crippen LogP contribution in [0.15, 0.2) is 24.3 Å². The van der Waals surface area contributed by atoms with Crippen LogP contribution in [0.1, 0.15) is 43.4 Å². The molecule has 3 aliphatic rings. The summed E-state index contributed by atoms with van der Waals surface area (Å²) in [5.74, 6) is 0.274. The van der Waals surface area contributed by atoms with Crippen molar-refractivity contribution < 1.29 is 9.53 Å². The van der Waals surface area contributed by atoms with Crippen LogP contribution in [0.2, 0.25) is 0 Å². The molecule has 1 heterocycles. The molecule has 4 rings (SSSR count). The number of hydrogen-bond acceptors (Lipinski definition) is 3. The van der Waals surface area contributed by atoms with E-state index in [9.17, 15) is 4.79 Å². The minimum Gasteiger partial charge on any atom is -0.375 e. The Morgan fingerprint density at radius 1 is 1.30 bits per heavy atom. The number of carbonyl (C=O) groups excluding carboxylic acids is 1. The maximum Gasteiger partial charge on any atom is 0.236 e. The average Bonchev–Trinajstić information content (AvgIpc) is 3.32.